The van der Waals surface area contributed by atoms with E-state index in [0.717, 1.165) is 5.56 Å². The summed E-state index contributed by atoms with van der Waals surface area (Å²) in [7, 11) is 1.60. The first-order valence-corrected chi connectivity index (χ1v) is 7.38. The lowest BCUT2D eigenvalue weighted by atomic mass is 9.90. The van der Waals surface area contributed by atoms with Crippen LogP contribution in [0, 0.1) is 0 Å². The van der Waals surface area contributed by atoms with Crippen LogP contribution in [-0.2, 0) is 15.2 Å². The first-order chi connectivity index (χ1) is 11.0. The molecule has 1 aliphatic heterocycles. The van der Waals surface area contributed by atoms with E-state index in [-0.39, 0.29) is 12.2 Å². The lowest BCUT2D eigenvalue weighted by Crippen LogP contribution is -2.40. The maximum absolute atomic E-state index is 12.4. The van der Waals surface area contributed by atoms with Crippen LogP contribution >= 0.6 is 0 Å². The summed E-state index contributed by atoms with van der Waals surface area (Å²) < 4.78 is 0. The molecule has 0 aliphatic carbocycles. The number of hydrogen-bond donors (Lipinski definition) is 1. The van der Waals surface area contributed by atoms with Crippen molar-refractivity contribution in [1.82, 2.24) is 0 Å². The number of rotatable bonds is 4. The predicted molar refractivity (Wildman–Crippen MR) is 88.8 cm³/mol. The van der Waals surface area contributed by atoms with Gasteiger partial charge in [0, 0.05) is 12.6 Å². The van der Waals surface area contributed by atoms with Gasteiger partial charge in [0.05, 0.1) is 12.1 Å². The Morgan fingerprint density at radius 1 is 1.13 bits per heavy atom. The summed E-state index contributed by atoms with van der Waals surface area (Å²) in [5.41, 5.74) is 0.223. The van der Waals surface area contributed by atoms with Gasteiger partial charge in [-0.25, -0.2) is 0 Å². The second-order valence-corrected chi connectivity index (χ2v) is 5.63. The molecule has 23 heavy (non-hydrogen) atoms. The van der Waals surface area contributed by atoms with E-state index < -0.39 is 11.5 Å². The van der Waals surface area contributed by atoms with Crippen LogP contribution in [0.15, 0.2) is 60.7 Å². The molecule has 4 nitrogen and oxygen atoms in total. The van der Waals surface area contributed by atoms with Crippen LogP contribution in [0.2, 0.25) is 0 Å². The fourth-order valence-corrected chi connectivity index (χ4v) is 2.85. The fraction of sp³-hybridized carbons (Fsp3) is 0.158. The van der Waals surface area contributed by atoms with Crippen molar-refractivity contribution in [2.24, 2.45) is 0 Å². The molecule has 4 heteroatoms. The lowest BCUT2D eigenvalue weighted by Gasteiger charge is -2.20. The Morgan fingerprint density at radius 2 is 1.78 bits per heavy atom. The normalized spacial score (nSPS) is 20.1. The number of aliphatic hydroxyl groups is 1. The van der Waals surface area contributed by atoms with E-state index in [1.54, 1.807) is 37.4 Å². The number of fused-ring (bicyclic) bond motifs is 1. The molecule has 0 saturated heterocycles. The number of allylic oxidation sites excluding steroid dienone is 1. The minimum absolute atomic E-state index is 0.267. The molecule has 1 N–H and O–H groups in total. The number of nitrogens with zero attached hydrogens (tertiary/aromatic N) is 1. The van der Waals surface area contributed by atoms with Crippen molar-refractivity contribution in [1.29, 1.82) is 0 Å². The molecule has 3 rings (SSSR count). The van der Waals surface area contributed by atoms with E-state index in [0.29, 0.717) is 11.3 Å². The third-order valence-corrected chi connectivity index (χ3v) is 4.06. The van der Waals surface area contributed by atoms with Gasteiger partial charge < -0.3 is 10.0 Å². The van der Waals surface area contributed by atoms with Crippen LogP contribution in [0.5, 0.6) is 0 Å². The Morgan fingerprint density at radius 3 is 2.52 bits per heavy atom. The summed E-state index contributed by atoms with van der Waals surface area (Å²) in [4.78, 5) is 26.0. The molecule has 2 aromatic rings. The summed E-state index contributed by atoms with van der Waals surface area (Å²) in [6.07, 6.45) is 2.82. The Balaban J connectivity index is 1.83. The van der Waals surface area contributed by atoms with E-state index in [4.69, 9.17) is 0 Å². The van der Waals surface area contributed by atoms with E-state index in [9.17, 15) is 14.7 Å². The van der Waals surface area contributed by atoms with Gasteiger partial charge in [-0.05, 0) is 17.7 Å². The van der Waals surface area contributed by atoms with Gasteiger partial charge in [0.25, 0.3) is 5.91 Å². The fourth-order valence-electron chi connectivity index (χ4n) is 2.85. The standard InChI is InChI=1S/C19H17NO3/c1-20-17-10-6-5-9-16(17)19(23,18(20)22)13-15(21)12-11-14-7-3-2-4-8-14/h2-12,23H,13H2,1H3/t19-/m0/s1. The van der Waals surface area contributed by atoms with Gasteiger partial charge in [0.15, 0.2) is 11.4 Å². The van der Waals surface area contributed by atoms with E-state index >= 15 is 0 Å². The van der Waals surface area contributed by atoms with Gasteiger partial charge in [-0.2, -0.15) is 0 Å². The van der Waals surface area contributed by atoms with Crippen LogP contribution in [0.3, 0.4) is 0 Å². The average molecular weight is 307 g/mol. The second-order valence-electron chi connectivity index (χ2n) is 5.63. The zero-order valence-corrected chi connectivity index (χ0v) is 12.8. The molecular weight excluding hydrogens is 290 g/mol. The van der Waals surface area contributed by atoms with Gasteiger partial charge in [-0.1, -0.05) is 54.6 Å². The molecule has 2 aromatic carbocycles. The minimum atomic E-state index is -1.79. The van der Waals surface area contributed by atoms with Crippen molar-refractivity contribution in [3.8, 4) is 0 Å². The molecule has 0 unspecified atom stereocenters. The third kappa shape index (κ3) is 2.69. The summed E-state index contributed by atoms with van der Waals surface area (Å²) in [5, 5.41) is 10.8. The molecule has 0 radical (unpaired) electrons. The number of amides is 1. The number of ketones is 1. The molecule has 0 fully saturated rings. The van der Waals surface area contributed by atoms with Gasteiger partial charge in [-0.15, -0.1) is 0 Å². The van der Waals surface area contributed by atoms with Crippen molar-refractivity contribution < 1.29 is 14.7 Å². The number of likely N-dealkylation sites (N-methyl/N-ethyl adjacent to an activating group) is 1. The third-order valence-electron chi connectivity index (χ3n) is 4.06. The van der Waals surface area contributed by atoms with Gasteiger partial charge in [0.2, 0.25) is 0 Å². The van der Waals surface area contributed by atoms with Crippen molar-refractivity contribution in [2.75, 3.05) is 11.9 Å². The van der Waals surface area contributed by atoms with Crippen molar-refractivity contribution in [2.45, 2.75) is 12.0 Å². The zero-order valence-electron chi connectivity index (χ0n) is 12.8. The van der Waals surface area contributed by atoms with Crippen LogP contribution in [0.1, 0.15) is 17.5 Å². The van der Waals surface area contributed by atoms with Gasteiger partial charge >= 0.3 is 0 Å². The van der Waals surface area contributed by atoms with Crippen molar-refractivity contribution in [3.63, 3.8) is 0 Å². The predicted octanol–water partition coefficient (Wildman–Crippen LogP) is 2.52. The second kappa shape index (κ2) is 5.82. The largest absolute Gasteiger partial charge is 0.375 e. The quantitative estimate of drug-likeness (QED) is 0.883. The van der Waals surface area contributed by atoms with Crippen LogP contribution in [0.25, 0.3) is 6.08 Å². The van der Waals surface area contributed by atoms with Crippen LogP contribution in [0.4, 0.5) is 5.69 Å². The van der Waals surface area contributed by atoms with E-state index in [1.165, 1.54) is 11.0 Å². The summed E-state index contributed by atoms with van der Waals surface area (Å²) in [6.45, 7) is 0. The van der Waals surface area contributed by atoms with E-state index in [1.807, 2.05) is 30.3 Å². The van der Waals surface area contributed by atoms with Gasteiger partial charge in [0.1, 0.15) is 0 Å². The molecular formula is C19H17NO3. The smallest absolute Gasteiger partial charge is 0.263 e. The Bertz CT molecular complexity index is 782. The Kier molecular flexibility index (Phi) is 3.84. The van der Waals surface area contributed by atoms with Crippen molar-refractivity contribution >= 4 is 23.5 Å². The zero-order chi connectivity index (χ0) is 16.4. The average Bonchev–Trinajstić information content (AvgIpc) is 2.76. The SMILES string of the molecule is CN1C(=O)[C@](O)(CC(=O)C=Cc2ccccc2)c2ccccc21. The number of carbonyl (C=O) groups excluding carboxylic acids is 2. The van der Waals surface area contributed by atoms with Crippen molar-refractivity contribution in [3.05, 3.63) is 71.8 Å². The number of carbonyl (C=O) groups is 2. The Labute approximate surface area is 134 Å². The lowest BCUT2D eigenvalue weighted by molar-refractivity contribution is -0.140. The number of hydrogen-bond acceptors (Lipinski definition) is 3. The summed E-state index contributed by atoms with van der Waals surface area (Å²) >= 11 is 0. The van der Waals surface area contributed by atoms with Crippen LogP contribution < -0.4 is 4.90 Å². The molecule has 1 atom stereocenters. The maximum Gasteiger partial charge on any atom is 0.263 e. The monoisotopic (exact) mass is 307 g/mol. The van der Waals surface area contributed by atoms with Gasteiger partial charge in [-0.3, -0.25) is 9.59 Å². The van der Waals surface area contributed by atoms with Crippen LogP contribution in [-0.4, -0.2) is 23.8 Å². The highest BCUT2D eigenvalue weighted by atomic mass is 16.3. The molecule has 1 amide bonds. The number of para-hydroxylation sites is 1. The summed E-state index contributed by atoms with van der Waals surface area (Å²) in [5.74, 6) is -0.769. The molecule has 0 bridgehead atoms. The minimum Gasteiger partial charge on any atom is -0.375 e. The first kappa shape index (κ1) is 15.2. The molecule has 0 aromatic heterocycles. The molecule has 1 aliphatic rings. The highest BCUT2D eigenvalue weighted by Crippen LogP contribution is 2.41. The molecule has 116 valence electrons. The summed E-state index contributed by atoms with van der Waals surface area (Å²) in [6, 6.07) is 16.4. The number of benzene rings is 2. The topological polar surface area (TPSA) is 57.6 Å². The molecule has 1 heterocycles. The number of anilines is 1. The highest BCUT2D eigenvalue weighted by Gasteiger charge is 2.49. The Hall–Kier alpha value is -2.72. The first-order valence-electron chi connectivity index (χ1n) is 7.38. The molecule has 0 saturated carbocycles. The molecule has 0 spiro atoms. The highest BCUT2D eigenvalue weighted by molar-refractivity contribution is 6.09. The van der Waals surface area contributed by atoms with E-state index in [2.05, 4.69) is 0 Å². The maximum atomic E-state index is 12.4.